The van der Waals surface area contributed by atoms with E-state index < -0.39 is 0 Å². The monoisotopic (exact) mass is 150 g/mol. The number of allylic oxidation sites excluding steroid dienone is 1. The van der Waals surface area contributed by atoms with E-state index in [0.29, 0.717) is 5.70 Å². The van der Waals surface area contributed by atoms with Gasteiger partial charge in [0, 0.05) is 17.0 Å². The number of hydrogen-bond acceptors (Lipinski definition) is 3. The standard InChI is InChI=1S/C7H6N2S/c8-3-1-7(9)6-2-4-10-5-6/h1-2,4-5H,9H2. The van der Waals surface area contributed by atoms with Crippen LogP contribution in [0.3, 0.4) is 0 Å². The van der Waals surface area contributed by atoms with Gasteiger partial charge >= 0.3 is 0 Å². The molecule has 0 aliphatic heterocycles. The van der Waals surface area contributed by atoms with E-state index >= 15 is 0 Å². The van der Waals surface area contributed by atoms with E-state index in [0.717, 1.165) is 5.56 Å². The van der Waals surface area contributed by atoms with Gasteiger partial charge in [-0.1, -0.05) is 0 Å². The Hall–Kier alpha value is -1.27. The third kappa shape index (κ3) is 1.36. The summed E-state index contributed by atoms with van der Waals surface area (Å²) in [6.45, 7) is 0. The van der Waals surface area contributed by atoms with Gasteiger partial charge in [-0.3, -0.25) is 0 Å². The average Bonchev–Trinajstić information content (AvgIpc) is 2.38. The quantitative estimate of drug-likeness (QED) is 0.618. The van der Waals surface area contributed by atoms with Crippen LogP contribution in [0.5, 0.6) is 0 Å². The molecule has 0 radical (unpaired) electrons. The smallest absolute Gasteiger partial charge is 0.0933 e. The van der Waals surface area contributed by atoms with Crippen LogP contribution in [0, 0.1) is 11.3 Å². The van der Waals surface area contributed by atoms with Crippen LogP contribution in [0.1, 0.15) is 5.56 Å². The first kappa shape index (κ1) is 6.84. The molecule has 50 valence electrons. The van der Waals surface area contributed by atoms with Gasteiger partial charge < -0.3 is 5.73 Å². The van der Waals surface area contributed by atoms with E-state index in [1.807, 2.05) is 22.9 Å². The summed E-state index contributed by atoms with van der Waals surface area (Å²) in [6.07, 6.45) is 1.34. The minimum atomic E-state index is 0.531. The van der Waals surface area contributed by atoms with Crippen molar-refractivity contribution in [2.24, 2.45) is 5.73 Å². The molecule has 0 spiro atoms. The Balaban J connectivity index is 2.90. The highest BCUT2D eigenvalue weighted by Gasteiger charge is 1.93. The minimum Gasteiger partial charge on any atom is -0.398 e. The average molecular weight is 150 g/mol. The van der Waals surface area contributed by atoms with Crippen LogP contribution in [-0.4, -0.2) is 0 Å². The minimum absolute atomic E-state index is 0.531. The molecule has 0 bridgehead atoms. The van der Waals surface area contributed by atoms with Crippen molar-refractivity contribution in [2.75, 3.05) is 0 Å². The fraction of sp³-hybridized carbons (Fsp3) is 0. The molecule has 0 saturated heterocycles. The number of nitriles is 1. The lowest BCUT2D eigenvalue weighted by atomic mass is 10.2. The third-order valence-electron chi connectivity index (χ3n) is 1.07. The predicted octanol–water partition coefficient (Wildman–Crippen LogP) is 1.57. The second kappa shape index (κ2) is 3.04. The molecule has 0 aliphatic rings. The topological polar surface area (TPSA) is 49.8 Å². The maximum Gasteiger partial charge on any atom is 0.0933 e. The molecular formula is C7H6N2S. The Labute approximate surface area is 63.2 Å². The Morgan fingerprint density at radius 3 is 3.10 bits per heavy atom. The lowest BCUT2D eigenvalue weighted by molar-refractivity contribution is 1.51. The van der Waals surface area contributed by atoms with Crippen LogP contribution in [0.25, 0.3) is 5.70 Å². The lowest BCUT2D eigenvalue weighted by Crippen LogP contribution is -1.92. The highest BCUT2D eigenvalue weighted by atomic mass is 32.1. The summed E-state index contributed by atoms with van der Waals surface area (Å²) in [6, 6.07) is 3.76. The first-order valence-electron chi connectivity index (χ1n) is 2.72. The molecule has 3 heteroatoms. The van der Waals surface area contributed by atoms with Crippen molar-refractivity contribution < 1.29 is 0 Å². The van der Waals surface area contributed by atoms with Crippen molar-refractivity contribution in [2.45, 2.75) is 0 Å². The summed E-state index contributed by atoms with van der Waals surface area (Å²) in [5.41, 5.74) is 6.95. The van der Waals surface area contributed by atoms with Crippen LogP contribution in [0.15, 0.2) is 22.9 Å². The summed E-state index contributed by atoms with van der Waals surface area (Å²) >= 11 is 1.56. The van der Waals surface area contributed by atoms with Crippen LogP contribution in [0.2, 0.25) is 0 Å². The van der Waals surface area contributed by atoms with E-state index in [-0.39, 0.29) is 0 Å². The maximum absolute atomic E-state index is 8.23. The number of nitrogens with two attached hydrogens (primary N) is 1. The highest BCUT2D eigenvalue weighted by molar-refractivity contribution is 7.08. The van der Waals surface area contributed by atoms with Crippen molar-refractivity contribution >= 4 is 17.0 Å². The van der Waals surface area contributed by atoms with Crippen LogP contribution in [-0.2, 0) is 0 Å². The molecule has 1 rings (SSSR count). The van der Waals surface area contributed by atoms with Crippen molar-refractivity contribution in [3.63, 3.8) is 0 Å². The Morgan fingerprint density at radius 2 is 2.60 bits per heavy atom. The summed E-state index contributed by atoms with van der Waals surface area (Å²) in [7, 11) is 0. The van der Waals surface area contributed by atoms with Gasteiger partial charge in [0.15, 0.2) is 0 Å². The largest absolute Gasteiger partial charge is 0.398 e. The van der Waals surface area contributed by atoms with Crippen LogP contribution in [0.4, 0.5) is 0 Å². The normalized spacial score (nSPS) is 10.9. The molecule has 0 fully saturated rings. The lowest BCUT2D eigenvalue weighted by Gasteiger charge is -1.90. The number of hydrogen-bond donors (Lipinski definition) is 1. The first-order valence-corrected chi connectivity index (χ1v) is 3.66. The van der Waals surface area contributed by atoms with E-state index in [1.54, 1.807) is 11.3 Å². The number of thiophene rings is 1. The summed E-state index contributed by atoms with van der Waals surface area (Å²) in [4.78, 5) is 0. The van der Waals surface area contributed by atoms with Crippen LogP contribution < -0.4 is 5.73 Å². The Morgan fingerprint density at radius 1 is 1.80 bits per heavy atom. The van der Waals surface area contributed by atoms with Gasteiger partial charge in [-0.05, 0) is 11.4 Å². The van der Waals surface area contributed by atoms with Gasteiger partial charge in [-0.2, -0.15) is 16.6 Å². The third-order valence-corrected chi connectivity index (χ3v) is 1.76. The molecule has 10 heavy (non-hydrogen) atoms. The SMILES string of the molecule is N#CC=C(N)c1ccsc1. The Kier molecular flexibility index (Phi) is 2.08. The molecule has 0 amide bonds. The van der Waals surface area contributed by atoms with E-state index in [4.69, 9.17) is 11.0 Å². The first-order chi connectivity index (χ1) is 4.84. The summed E-state index contributed by atoms with van der Waals surface area (Å²) < 4.78 is 0. The zero-order valence-electron chi connectivity index (χ0n) is 5.24. The molecule has 0 atom stereocenters. The van der Waals surface area contributed by atoms with Crippen LogP contribution >= 0.6 is 11.3 Å². The van der Waals surface area contributed by atoms with Crippen molar-refractivity contribution in [3.05, 3.63) is 28.5 Å². The molecular weight excluding hydrogens is 144 g/mol. The van der Waals surface area contributed by atoms with Crippen molar-refractivity contribution in [1.82, 2.24) is 0 Å². The van der Waals surface area contributed by atoms with Gasteiger partial charge in [-0.15, -0.1) is 0 Å². The predicted molar refractivity (Wildman–Crippen MR) is 42.1 cm³/mol. The molecule has 2 N–H and O–H groups in total. The number of rotatable bonds is 1. The molecule has 1 aromatic rings. The van der Waals surface area contributed by atoms with E-state index in [2.05, 4.69) is 0 Å². The second-order valence-electron chi connectivity index (χ2n) is 1.74. The molecule has 0 saturated carbocycles. The van der Waals surface area contributed by atoms with Gasteiger partial charge in [0.25, 0.3) is 0 Å². The molecule has 1 heterocycles. The van der Waals surface area contributed by atoms with Gasteiger partial charge in [0.05, 0.1) is 11.8 Å². The highest BCUT2D eigenvalue weighted by Crippen LogP contribution is 2.11. The van der Waals surface area contributed by atoms with E-state index in [1.165, 1.54) is 6.08 Å². The fourth-order valence-electron chi connectivity index (χ4n) is 0.582. The van der Waals surface area contributed by atoms with Gasteiger partial charge in [0.1, 0.15) is 0 Å². The Bertz CT molecular complexity index is 266. The second-order valence-corrected chi connectivity index (χ2v) is 2.52. The van der Waals surface area contributed by atoms with Crippen molar-refractivity contribution in [1.29, 1.82) is 5.26 Å². The zero-order chi connectivity index (χ0) is 7.40. The maximum atomic E-state index is 8.23. The zero-order valence-corrected chi connectivity index (χ0v) is 6.06. The summed E-state index contributed by atoms with van der Waals surface area (Å²) in [5.74, 6) is 0. The number of nitrogens with zero attached hydrogens (tertiary/aromatic N) is 1. The molecule has 0 aliphatic carbocycles. The molecule has 2 nitrogen and oxygen atoms in total. The molecule has 1 aromatic heterocycles. The van der Waals surface area contributed by atoms with E-state index in [9.17, 15) is 0 Å². The van der Waals surface area contributed by atoms with Gasteiger partial charge in [-0.25, -0.2) is 0 Å². The fourth-order valence-corrected chi connectivity index (χ4v) is 1.25. The molecule has 0 unspecified atom stereocenters. The van der Waals surface area contributed by atoms with Gasteiger partial charge in [0.2, 0.25) is 0 Å². The molecule has 0 aromatic carbocycles. The summed E-state index contributed by atoms with van der Waals surface area (Å²) in [5, 5.41) is 12.1. The van der Waals surface area contributed by atoms with Crippen molar-refractivity contribution in [3.8, 4) is 6.07 Å².